The van der Waals surface area contributed by atoms with Crippen LogP contribution >= 0.6 is 0 Å². The summed E-state index contributed by atoms with van der Waals surface area (Å²) in [5.41, 5.74) is 4.78. The van der Waals surface area contributed by atoms with Crippen LogP contribution in [0.3, 0.4) is 0 Å². The first-order chi connectivity index (χ1) is 15.3. The predicted octanol–water partition coefficient (Wildman–Crippen LogP) is 3.65. The molecular weight excluding hydrogens is 411 g/mol. The number of halogens is 1. The molecule has 0 fully saturated rings. The normalized spacial score (nSPS) is 15.9. The van der Waals surface area contributed by atoms with Crippen molar-refractivity contribution in [2.24, 2.45) is 0 Å². The van der Waals surface area contributed by atoms with E-state index in [0.717, 1.165) is 41.3 Å². The van der Waals surface area contributed by atoms with Crippen LogP contribution in [0.1, 0.15) is 60.1 Å². The van der Waals surface area contributed by atoms with E-state index in [-0.39, 0.29) is 23.5 Å². The lowest BCUT2D eigenvalue weighted by Gasteiger charge is -2.25. The molecule has 1 aliphatic carbocycles. The molecule has 7 heteroatoms. The van der Waals surface area contributed by atoms with Crippen LogP contribution in [0.4, 0.5) is 4.39 Å². The fourth-order valence-electron chi connectivity index (χ4n) is 5.23. The van der Waals surface area contributed by atoms with Crippen molar-refractivity contribution >= 4 is 17.4 Å². The molecule has 0 unspecified atom stereocenters. The average molecular weight is 436 g/mol. The van der Waals surface area contributed by atoms with E-state index in [1.165, 1.54) is 6.07 Å². The molecule has 32 heavy (non-hydrogen) atoms. The molecule has 3 heterocycles. The molecule has 1 atom stereocenters. The van der Waals surface area contributed by atoms with Gasteiger partial charge in [-0.1, -0.05) is 6.92 Å². The molecule has 2 aliphatic rings. The lowest BCUT2D eigenvalue weighted by molar-refractivity contribution is -0.129. The van der Waals surface area contributed by atoms with Crippen LogP contribution < -0.4 is 5.56 Å². The molecule has 5 rings (SSSR count). The van der Waals surface area contributed by atoms with Gasteiger partial charge in [-0.05, 0) is 67.9 Å². The molecule has 2 aromatic heterocycles. The Hall–Kier alpha value is -3.06. The molecule has 0 radical (unpaired) electrons. The topological polar surface area (TPSA) is 81.4 Å². The molecule has 0 spiro atoms. The van der Waals surface area contributed by atoms with E-state index in [1.807, 2.05) is 13.8 Å². The second kappa shape index (κ2) is 7.24. The first-order valence-corrected chi connectivity index (χ1v) is 11.0. The Morgan fingerprint density at radius 1 is 1.28 bits per heavy atom. The van der Waals surface area contributed by atoms with Crippen LogP contribution in [0.2, 0.25) is 0 Å². The molecule has 0 amide bonds. The highest BCUT2D eigenvalue weighted by molar-refractivity contribution is 5.92. The number of carbonyl (C=O) groups excluding carboxylic acids is 1. The minimum absolute atomic E-state index is 0.207. The molecular formula is C25H25FN2O4. The zero-order valence-electron chi connectivity index (χ0n) is 18.4. The number of aliphatic hydroxyl groups is 1. The molecule has 1 N–H and O–H groups in total. The number of nitrogens with zero attached hydrogens (tertiary/aromatic N) is 2. The highest BCUT2D eigenvalue weighted by Crippen LogP contribution is 2.42. The Balaban J connectivity index is 1.82. The van der Waals surface area contributed by atoms with Gasteiger partial charge in [-0.15, -0.1) is 0 Å². The standard InChI is InChI=1S/C25H25FN2O4/c1-4-25(3,31)18-8-21-23-16(10-28(21)24(30)17(18)11-32-12-29)15-7-5-6-14-13(2)19(26)9-20(27-23)22(14)15/h8-9,12,31H,4-7,10-11H2,1-3H3/t25-/m0/s1. The monoisotopic (exact) mass is 436 g/mol. The van der Waals surface area contributed by atoms with Crippen molar-refractivity contribution in [1.82, 2.24) is 9.55 Å². The van der Waals surface area contributed by atoms with Crippen molar-refractivity contribution in [3.8, 4) is 11.4 Å². The fraction of sp³-hybridized carbons (Fsp3) is 0.400. The van der Waals surface area contributed by atoms with Gasteiger partial charge in [0.2, 0.25) is 0 Å². The van der Waals surface area contributed by atoms with Crippen molar-refractivity contribution in [2.45, 2.75) is 65.2 Å². The van der Waals surface area contributed by atoms with Crippen LogP contribution in [0.5, 0.6) is 0 Å². The summed E-state index contributed by atoms with van der Waals surface area (Å²) in [5.74, 6) is -0.265. The van der Waals surface area contributed by atoms with E-state index in [4.69, 9.17) is 9.72 Å². The number of hydrogen-bond acceptors (Lipinski definition) is 5. The van der Waals surface area contributed by atoms with Crippen molar-refractivity contribution < 1.29 is 19.0 Å². The Kier molecular flexibility index (Phi) is 4.71. The number of rotatable bonds is 5. The zero-order chi connectivity index (χ0) is 22.8. The Bertz CT molecular complexity index is 1360. The molecule has 6 nitrogen and oxygen atoms in total. The third-order valence-electron chi connectivity index (χ3n) is 7.19. The summed E-state index contributed by atoms with van der Waals surface area (Å²) in [7, 11) is 0. The van der Waals surface area contributed by atoms with Crippen molar-refractivity contribution in [2.75, 3.05) is 0 Å². The molecule has 0 bridgehead atoms. The summed E-state index contributed by atoms with van der Waals surface area (Å²) in [5, 5.41) is 12.0. The lowest BCUT2D eigenvalue weighted by Crippen LogP contribution is -2.31. The molecule has 0 saturated carbocycles. The summed E-state index contributed by atoms with van der Waals surface area (Å²) in [6.45, 7) is 5.73. The Labute approximate surface area is 184 Å². The van der Waals surface area contributed by atoms with Gasteiger partial charge >= 0.3 is 0 Å². The van der Waals surface area contributed by atoms with Gasteiger partial charge in [-0.25, -0.2) is 9.37 Å². The SMILES string of the molecule is CC[C@](C)(O)c1cc2n(c(=O)c1COC=O)Cc1c-2nc2cc(F)c(C)c3c2c1CCC3. The number of pyridine rings is 2. The minimum Gasteiger partial charge on any atom is -0.463 e. The van der Waals surface area contributed by atoms with E-state index >= 15 is 0 Å². The molecule has 1 aromatic carbocycles. The van der Waals surface area contributed by atoms with Gasteiger partial charge in [0, 0.05) is 17.0 Å². The van der Waals surface area contributed by atoms with Gasteiger partial charge in [0.15, 0.2) is 0 Å². The van der Waals surface area contributed by atoms with Crippen molar-refractivity contribution in [3.63, 3.8) is 0 Å². The molecule has 0 saturated heterocycles. The van der Waals surface area contributed by atoms with E-state index < -0.39 is 5.60 Å². The Morgan fingerprint density at radius 2 is 2.03 bits per heavy atom. The second-order valence-corrected chi connectivity index (χ2v) is 8.97. The second-order valence-electron chi connectivity index (χ2n) is 8.97. The highest BCUT2D eigenvalue weighted by atomic mass is 19.1. The van der Waals surface area contributed by atoms with Crippen LogP contribution in [-0.2, 0) is 41.1 Å². The van der Waals surface area contributed by atoms with Crippen LogP contribution in [0.25, 0.3) is 22.3 Å². The van der Waals surface area contributed by atoms with E-state index in [2.05, 4.69) is 0 Å². The van der Waals surface area contributed by atoms with Gasteiger partial charge in [0.1, 0.15) is 12.4 Å². The summed E-state index contributed by atoms with van der Waals surface area (Å²) in [6.07, 6.45) is 2.96. The molecule has 166 valence electrons. The number of benzene rings is 1. The van der Waals surface area contributed by atoms with Gasteiger partial charge in [0.25, 0.3) is 12.0 Å². The van der Waals surface area contributed by atoms with Gasteiger partial charge in [0.05, 0.1) is 34.6 Å². The van der Waals surface area contributed by atoms with Gasteiger partial charge < -0.3 is 14.4 Å². The summed E-state index contributed by atoms with van der Waals surface area (Å²) in [4.78, 5) is 29.1. The summed E-state index contributed by atoms with van der Waals surface area (Å²) in [6, 6.07) is 3.26. The van der Waals surface area contributed by atoms with Crippen LogP contribution in [0, 0.1) is 12.7 Å². The van der Waals surface area contributed by atoms with Crippen LogP contribution in [0.15, 0.2) is 16.9 Å². The third-order valence-corrected chi connectivity index (χ3v) is 7.19. The molecule has 1 aliphatic heterocycles. The van der Waals surface area contributed by atoms with Gasteiger partial charge in [-0.2, -0.15) is 0 Å². The first kappa shape index (κ1) is 20.8. The first-order valence-electron chi connectivity index (χ1n) is 11.0. The number of hydrogen-bond donors (Lipinski definition) is 1. The number of aryl methyl sites for hydroxylation is 2. The maximum atomic E-state index is 14.6. The minimum atomic E-state index is -1.28. The predicted molar refractivity (Wildman–Crippen MR) is 118 cm³/mol. The van der Waals surface area contributed by atoms with Crippen molar-refractivity contribution in [3.05, 3.63) is 61.7 Å². The Morgan fingerprint density at radius 3 is 2.75 bits per heavy atom. The summed E-state index contributed by atoms with van der Waals surface area (Å²) < 4.78 is 21.2. The number of aromatic nitrogens is 2. The number of fused-ring (bicyclic) bond motifs is 4. The van der Waals surface area contributed by atoms with E-state index in [1.54, 1.807) is 17.6 Å². The maximum absolute atomic E-state index is 14.6. The lowest BCUT2D eigenvalue weighted by atomic mass is 9.84. The van der Waals surface area contributed by atoms with E-state index in [9.17, 15) is 19.1 Å². The zero-order valence-corrected chi connectivity index (χ0v) is 18.4. The van der Waals surface area contributed by atoms with E-state index in [0.29, 0.717) is 47.5 Å². The number of ether oxygens (including phenoxy) is 1. The average Bonchev–Trinajstić information content (AvgIpc) is 3.15. The van der Waals surface area contributed by atoms with Crippen LogP contribution in [-0.4, -0.2) is 21.1 Å². The van der Waals surface area contributed by atoms with Gasteiger partial charge in [-0.3, -0.25) is 9.59 Å². The number of carbonyl (C=O) groups is 1. The molecule has 3 aromatic rings. The maximum Gasteiger partial charge on any atom is 0.293 e. The fourth-order valence-corrected chi connectivity index (χ4v) is 5.23. The highest BCUT2D eigenvalue weighted by Gasteiger charge is 2.34. The largest absolute Gasteiger partial charge is 0.463 e. The third kappa shape index (κ3) is 2.84. The van der Waals surface area contributed by atoms with Crippen molar-refractivity contribution in [1.29, 1.82) is 0 Å². The quantitative estimate of drug-likeness (QED) is 0.483. The summed E-state index contributed by atoms with van der Waals surface area (Å²) >= 11 is 0. The smallest absolute Gasteiger partial charge is 0.293 e.